The van der Waals surface area contributed by atoms with Gasteiger partial charge in [-0.1, -0.05) is 12.1 Å². The van der Waals surface area contributed by atoms with Gasteiger partial charge < -0.3 is 10.2 Å². The lowest BCUT2D eigenvalue weighted by atomic mass is 10.1. The SMILES string of the molecule is CN1CCN(Cc2ccc(NC(=O)CC#N)cc2)CC1. The van der Waals surface area contributed by atoms with Crippen molar-refractivity contribution in [1.29, 1.82) is 5.26 Å². The monoisotopic (exact) mass is 272 g/mol. The van der Waals surface area contributed by atoms with Crippen molar-refractivity contribution in [2.24, 2.45) is 0 Å². The second kappa shape index (κ2) is 7.04. The molecule has 1 N–H and O–H groups in total. The maximum atomic E-state index is 11.3. The lowest BCUT2D eigenvalue weighted by Crippen LogP contribution is -2.43. The number of nitrogens with one attached hydrogen (secondary N) is 1. The summed E-state index contributed by atoms with van der Waals surface area (Å²) in [5, 5.41) is 11.1. The number of likely N-dealkylation sites (N-methyl/N-ethyl adjacent to an activating group) is 1. The van der Waals surface area contributed by atoms with Crippen molar-refractivity contribution in [2.45, 2.75) is 13.0 Å². The molecular formula is C15H20N4O. The lowest BCUT2D eigenvalue weighted by Gasteiger charge is -2.32. The predicted octanol–water partition coefficient (Wildman–Crippen LogP) is 1.29. The second-order valence-corrected chi connectivity index (χ2v) is 5.16. The molecule has 0 unspecified atom stereocenters. The molecule has 1 saturated heterocycles. The molecule has 1 aliphatic rings. The summed E-state index contributed by atoms with van der Waals surface area (Å²) < 4.78 is 0. The third-order valence-electron chi connectivity index (χ3n) is 3.48. The Morgan fingerprint density at radius 3 is 2.50 bits per heavy atom. The number of nitrogens with zero attached hydrogens (tertiary/aromatic N) is 3. The minimum Gasteiger partial charge on any atom is -0.325 e. The minimum atomic E-state index is -0.265. The van der Waals surface area contributed by atoms with Crippen molar-refractivity contribution in [3.63, 3.8) is 0 Å². The summed E-state index contributed by atoms with van der Waals surface area (Å²) in [5.41, 5.74) is 1.99. The van der Waals surface area contributed by atoms with E-state index in [1.165, 1.54) is 5.56 Å². The number of hydrogen-bond acceptors (Lipinski definition) is 4. The second-order valence-electron chi connectivity index (χ2n) is 5.16. The van der Waals surface area contributed by atoms with Gasteiger partial charge in [-0.2, -0.15) is 5.26 Å². The van der Waals surface area contributed by atoms with Crippen LogP contribution in [0.3, 0.4) is 0 Å². The Morgan fingerprint density at radius 2 is 1.90 bits per heavy atom. The molecule has 20 heavy (non-hydrogen) atoms. The largest absolute Gasteiger partial charge is 0.325 e. The first kappa shape index (κ1) is 14.5. The van der Waals surface area contributed by atoms with Crippen molar-refractivity contribution in [2.75, 3.05) is 38.5 Å². The average Bonchev–Trinajstić information content (AvgIpc) is 2.44. The van der Waals surface area contributed by atoms with Gasteiger partial charge in [0.05, 0.1) is 6.07 Å². The van der Waals surface area contributed by atoms with E-state index in [0.717, 1.165) is 38.4 Å². The molecule has 1 aliphatic heterocycles. The third-order valence-corrected chi connectivity index (χ3v) is 3.48. The van der Waals surface area contributed by atoms with Gasteiger partial charge in [0.2, 0.25) is 5.91 Å². The maximum Gasteiger partial charge on any atom is 0.238 e. The first-order valence-corrected chi connectivity index (χ1v) is 6.84. The molecular weight excluding hydrogens is 252 g/mol. The quantitative estimate of drug-likeness (QED) is 0.897. The normalized spacial score (nSPS) is 16.6. The number of nitriles is 1. The molecule has 0 bridgehead atoms. The van der Waals surface area contributed by atoms with Gasteiger partial charge >= 0.3 is 0 Å². The molecule has 5 heteroatoms. The van der Waals surface area contributed by atoms with Crippen LogP contribution in [0.1, 0.15) is 12.0 Å². The van der Waals surface area contributed by atoms with E-state index < -0.39 is 0 Å². The van der Waals surface area contributed by atoms with Gasteiger partial charge in [-0.15, -0.1) is 0 Å². The zero-order valence-electron chi connectivity index (χ0n) is 11.8. The van der Waals surface area contributed by atoms with Gasteiger partial charge in [0.25, 0.3) is 0 Å². The van der Waals surface area contributed by atoms with Crippen LogP contribution in [0.2, 0.25) is 0 Å². The Kier molecular flexibility index (Phi) is 5.10. The summed E-state index contributed by atoms with van der Waals surface area (Å²) >= 11 is 0. The van der Waals surface area contributed by atoms with Gasteiger partial charge in [0.1, 0.15) is 6.42 Å². The highest BCUT2D eigenvalue weighted by Gasteiger charge is 2.13. The van der Waals surface area contributed by atoms with E-state index in [1.807, 2.05) is 30.3 Å². The fourth-order valence-electron chi connectivity index (χ4n) is 2.23. The van der Waals surface area contributed by atoms with E-state index in [9.17, 15) is 4.79 Å². The van der Waals surface area contributed by atoms with E-state index in [4.69, 9.17) is 5.26 Å². The highest BCUT2D eigenvalue weighted by atomic mass is 16.1. The molecule has 1 amide bonds. The summed E-state index contributed by atoms with van der Waals surface area (Å²) in [6.45, 7) is 5.36. The molecule has 1 fully saturated rings. The first-order valence-electron chi connectivity index (χ1n) is 6.84. The summed E-state index contributed by atoms with van der Waals surface area (Å²) in [5.74, 6) is -0.265. The number of piperazine rings is 1. The van der Waals surface area contributed by atoms with E-state index in [1.54, 1.807) is 0 Å². The number of hydrogen-bond donors (Lipinski definition) is 1. The van der Waals surface area contributed by atoms with Crippen molar-refractivity contribution in [3.05, 3.63) is 29.8 Å². The topological polar surface area (TPSA) is 59.4 Å². The average molecular weight is 272 g/mol. The Bertz CT molecular complexity index is 484. The predicted molar refractivity (Wildman–Crippen MR) is 78.1 cm³/mol. The zero-order valence-corrected chi connectivity index (χ0v) is 11.8. The Morgan fingerprint density at radius 1 is 1.25 bits per heavy atom. The number of anilines is 1. The van der Waals surface area contributed by atoms with Crippen LogP contribution in [0.15, 0.2) is 24.3 Å². The number of benzene rings is 1. The van der Waals surface area contributed by atoms with Gasteiger partial charge in [-0.3, -0.25) is 9.69 Å². The zero-order chi connectivity index (χ0) is 14.4. The van der Waals surface area contributed by atoms with Crippen LogP contribution in [0.4, 0.5) is 5.69 Å². The van der Waals surface area contributed by atoms with Gasteiger partial charge in [0.15, 0.2) is 0 Å². The summed E-state index contributed by atoms with van der Waals surface area (Å²) in [6, 6.07) is 9.67. The summed E-state index contributed by atoms with van der Waals surface area (Å²) in [7, 11) is 2.15. The smallest absolute Gasteiger partial charge is 0.238 e. The van der Waals surface area contributed by atoms with Crippen molar-refractivity contribution in [1.82, 2.24) is 9.80 Å². The summed E-state index contributed by atoms with van der Waals surface area (Å²) in [6.07, 6.45) is -0.108. The van der Waals surface area contributed by atoms with Gasteiger partial charge in [-0.05, 0) is 24.7 Å². The van der Waals surface area contributed by atoms with Crippen molar-refractivity contribution >= 4 is 11.6 Å². The molecule has 1 aromatic carbocycles. The number of amides is 1. The Hall–Kier alpha value is -1.90. The highest BCUT2D eigenvalue weighted by molar-refractivity contribution is 5.91. The minimum absolute atomic E-state index is 0.108. The van der Waals surface area contributed by atoms with E-state index >= 15 is 0 Å². The molecule has 2 rings (SSSR count). The van der Waals surface area contributed by atoms with Crippen LogP contribution in [0.5, 0.6) is 0 Å². The van der Waals surface area contributed by atoms with Crippen molar-refractivity contribution in [3.8, 4) is 6.07 Å². The molecule has 0 saturated carbocycles. The lowest BCUT2D eigenvalue weighted by molar-refractivity contribution is -0.115. The van der Waals surface area contributed by atoms with Crippen molar-refractivity contribution < 1.29 is 4.79 Å². The van der Waals surface area contributed by atoms with Crippen LogP contribution in [-0.2, 0) is 11.3 Å². The molecule has 0 spiro atoms. The first-order chi connectivity index (χ1) is 9.67. The number of rotatable bonds is 4. The summed E-state index contributed by atoms with van der Waals surface area (Å²) in [4.78, 5) is 16.1. The van der Waals surface area contributed by atoms with Gasteiger partial charge in [0, 0.05) is 38.4 Å². The molecule has 1 aromatic rings. The molecule has 1 heterocycles. The van der Waals surface area contributed by atoms with Crippen LogP contribution in [-0.4, -0.2) is 48.9 Å². The fraction of sp³-hybridized carbons (Fsp3) is 0.467. The van der Waals surface area contributed by atoms with Gasteiger partial charge in [-0.25, -0.2) is 0 Å². The molecule has 106 valence electrons. The molecule has 0 radical (unpaired) electrons. The Labute approximate surface area is 119 Å². The van der Waals surface area contributed by atoms with E-state index in [2.05, 4.69) is 22.2 Å². The van der Waals surface area contributed by atoms with E-state index in [-0.39, 0.29) is 12.3 Å². The van der Waals surface area contributed by atoms with Crippen LogP contribution in [0.25, 0.3) is 0 Å². The Balaban J connectivity index is 1.85. The van der Waals surface area contributed by atoms with Crippen LogP contribution >= 0.6 is 0 Å². The molecule has 0 aliphatic carbocycles. The highest BCUT2D eigenvalue weighted by Crippen LogP contribution is 2.12. The molecule has 5 nitrogen and oxygen atoms in total. The van der Waals surface area contributed by atoms with E-state index in [0.29, 0.717) is 0 Å². The number of carbonyl (C=O) groups excluding carboxylic acids is 1. The molecule has 0 aromatic heterocycles. The standard InChI is InChI=1S/C15H20N4O/c1-18-8-10-19(11-9-18)12-13-2-4-14(5-3-13)17-15(20)6-7-16/h2-5H,6,8-12H2,1H3,(H,17,20). The van der Waals surface area contributed by atoms with Crippen LogP contribution in [0, 0.1) is 11.3 Å². The molecule has 0 atom stereocenters. The third kappa shape index (κ3) is 4.34. The number of carbonyl (C=O) groups is 1. The fourth-order valence-corrected chi connectivity index (χ4v) is 2.23. The van der Waals surface area contributed by atoms with Crippen LogP contribution < -0.4 is 5.32 Å². The maximum absolute atomic E-state index is 11.3.